The molecular weight excluding hydrogens is 304 g/mol. The smallest absolute Gasteiger partial charge is 0.233 e. The van der Waals surface area contributed by atoms with Crippen LogP contribution in [0, 0.1) is 6.92 Å². The van der Waals surface area contributed by atoms with Crippen molar-refractivity contribution >= 4 is 22.9 Å². The number of nitrogens with one attached hydrogen (secondary N) is 2. The Morgan fingerprint density at radius 3 is 2.54 bits per heavy atom. The number of fused-ring (bicyclic) bond motifs is 1. The Labute approximate surface area is 137 Å². The molecule has 24 heavy (non-hydrogen) atoms. The van der Waals surface area contributed by atoms with Crippen molar-refractivity contribution < 1.29 is 5.11 Å². The SMILES string of the molecule is Cc1nc(Nc2nc3ccccc3[nH]2)nc(-c2ccccc2O)n1. The third kappa shape index (κ3) is 2.63. The maximum Gasteiger partial charge on any atom is 0.233 e. The Balaban J connectivity index is 1.72. The summed E-state index contributed by atoms with van der Waals surface area (Å²) in [5.41, 5.74) is 2.33. The van der Waals surface area contributed by atoms with Crippen molar-refractivity contribution in [3.05, 3.63) is 54.4 Å². The number of rotatable bonds is 3. The second-order valence-electron chi connectivity index (χ2n) is 5.27. The highest BCUT2D eigenvalue weighted by atomic mass is 16.3. The van der Waals surface area contributed by atoms with Crippen LogP contribution in [0.3, 0.4) is 0 Å². The average molecular weight is 318 g/mol. The lowest BCUT2D eigenvalue weighted by molar-refractivity contribution is 0.477. The molecule has 2 heterocycles. The van der Waals surface area contributed by atoms with Crippen LogP contribution in [0.2, 0.25) is 0 Å². The number of hydrogen-bond donors (Lipinski definition) is 3. The van der Waals surface area contributed by atoms with Gasteiger partial charge in [-0.15, -0.1) is 0 Å². The van der Waals surface area contributed by atoms with E-state index in [1.54, 1.807) is 25.1 Å². The van der Waals surface area contributed by atoms with Gasteiger partial charge in [-0.25, -0.2) is 9.97 Å². The van der Waals surface area contributed by atoms with E-state index in [0.717, 1.165) is 11.0 Å². The zero-order valence-corrected chi connectivity index (χ0v) is 12.9. The summed E-state index contributed by atoms with van der Waals surface area (Å²) in [5, 5.41) is 13.0. The Bertz CT molecular complexity index is 993. The first-order chi connectivity index (χ1) is 11.7. The van der Waals surface area contributed by atoms with E-state index in [1.807, 2.05) is 30.3 Å². The summed E-state index contributed by atoms with van der Waals surface area (Å²) in [6.07, 6.45) is 0. The molecule has 0 fully saturated rings. The van der Waals surface area contributed by atoms with Crippen LogP contribution in [-0.4, -0.2) is 30.0 Å². The van der Waals surface area contributed by atoms with Crippen LogP contribution >= 0.6 is 0 Å². The van der Waals surface area contributed by atoms with E-state index in [0.29, 0.717) is 29.1 Å². The molecule has 7 nitrogen and oxygen atoms in total. The highest BCUT2D eigenvalue weighted by Crippen LogP contribution is 2.26. The molecule has 0 bridgehead atoms. The standard InChI is InChI=1S/C17H14N6O/c1-10-18-15(11-6-2-5-9-14(11)24)22-16(19-10)23-17-20-12-7-3-4-8-13(12)21-17/h2-9,24H,1H3,(H2,18,19,20,21,22,23). The summed E-state index contributed by atoms with van der Waals surface area (Å²) in [5.74, 6) is 1.98. The number of para-hydroxylation sites is 3. The number of aryl methyl sites for hydroxylation is 1. The quantitative estimate of drug-likeness (QED) is 0.536. The number of H-pyrrole nitrogens is 1. The van der Waals surface area contributed by atoms with E-state index in [4.69, 9.17) is 0 Å². The predicted molar refractivity (Wildman–Crippen MR) is 91.0 cm³/mol. The van der Waals surface area contributed by atoms with Crippen LogP contribution in [0.5, 0.6) is 5.75 Å². The summed E-state index contributed by atoms with van der Waals surface area (Å²) < 4.78 is 0. The number of benzene rings is 2. The van der Waals surface area contributed by atoms with E-state index < -0.39 is 0 Å². The summed E-state index contributed by atoms with van der Waals surface area (Å²) >= 11 is 0. The first-order valence-electron chi connectivity index (χ1n) is 7.42. The summed E-state index contributed by atoms with van der Waals surface area (Å²) in [7, 11) is 0. The van der Waals surface area contributed by atoms with Crippen molar-refractivity contribution in [2.75, 3.05) is 5.32 Å². The minimum atomic E-state index is 0.123. The van der Waals surface area contributed by atoms with Crippen LogP contribution in [0.4, 0.5) is 11.9 Å². The van der Waals surface area contributed by atoms with Crippen molar-refractivity contribution in [3.63, 3.8) is 0 Å². The van der Waals surface area contributed by atoms with Gasteiger partial charge in [0, 0.05) is 0 Å². The van der Waals surface area contributed by atoms with E-state index in [1.165, 1.54) is 0 Å². The molecule has 0 aliphatic carbocycles. The Hall–Kier alpha value is -3.48. The third-order valence-corrected chi connectivity index (χ3v) is 3.51. The number of phenolic OH excluding ortho intramolecular Hbond substituents is 1. The van der Waals surface area contributed by atoms with E-state index in [-0.39, 0.29) is 5.75 Å². The van der Waals surface area contributed by atoms with Gasteiger partial charge in [-0.2, -0.15) is 9.97 Å². The molecule has 0 unspecified atom stereocenters. The Morgan fingerprint density at radius 1 is 0.917 bits per heavy atom. The molecule has 0 aliphatic rings. The van der Waals surface area contributed by atoms with Crippen molar-refractivity contribution in [2.45, 2.75) is 6.92 Å². The molecule has 0 aliphatic heterocycles. The predicted octanol–water partition coefficient (Wildman–Crippen LogP) is 3.17. The fourth-order valence-corrected chi connectivity index (χ4v) is 2.44. The first-order valence-corrected chi connectivity index (χ1v) is 7.42. The van der Waals surface area contributed by atoms with Gasteiger partial charge < -0.3 is 10.1 Å². The number of aromatic hydroxyl groups is 1. The third-order valence-electron chi connectivity index (χ3n) is 3.51. The second-order valence-corrected chi connectivity index (χ2v) is 5.27. The van der Waals surface area contributed by atoms with E-state index in [2.05, 4.69) is 30.2 Å². The molecule has 0 saturated heterocycles. The van der Waals surface area contributed by atoms with Crippen LogP contribution in [0.1, 0.15) is 5.82 Å². The Morgan fingerprint density at radius 2 is 1.71 bits per heavy atom. The maximum absolute atomic E-state index is 9.99. The minimum absolute atomic E-state index is 0.123. The van der Waals surface area contributed by atoms with E-state index in [9.17, 15) is 5.11 Å². The summed E-state index contributed by atoms with van der Waals surface area (Å²) in [4.78, 5) is 20.6. The van der Waals surface area contributed by atoms with Gasteiger partial charge in [0.25, 0.3) is 0 Å². The molecule has 0 radical (unpaired) electrons. The fraction of sp³-hybridized carbons (Fsp3) is 0.0588. The van der Waals surface area contributed by atoms with Gasteiger partial charge in [-0.1, -0.05) is 24.3 Å². The van der Waals surface area contributed by atoms with Crippen LogP contribution in [0.25, 0.3) is 22.4 Å². The number of phenols is 1. The average Bonchev–Trinajstić information content (AvgIpc) is 2.96. The molecular formula is C17H14N6O. The van der Waals surface area contributed by atoms with Crippen molar-refractivity contribution in [2.24, 2.45) is 0 Å². The monoisotopic (exact) mass is 318 g/mol. The number of hydrogen-bond acceptors (Lipinski definition) is 6. The highest BCUT2D eigenvalue weighted by Gasteiger charge is 2.11. The topological polar surface area (TPSA) is 99.6 Å². The van der Waals surface area contributed by atoms with Gasteiger partial charge in [0.1, 0.15) is 11.6 Å². The summed E-state index contributed by atoms with van der Waals surface area (Å²) in [6.45, 7) is 1.77. The molecule has 0 spiro atoms. The molecule has 4 aromatic rings. The maximum atomic E-state index is 9.99. The van der Waals surface area contributed by atoms with Crippen LogP contribution < -0.4 is 5.32 Å². The van der Waals surface area contributed by atoms with Crippen molar-refractivity contribution in [1.29, 1.82) is 0 Å². The molecule has 2 aromatic heterocycles. The molecule has 0 amide bonds. The van der Waals surface area contributed by atoms with Gasteiger partial charge in [0.15, 0.2) is 5.82 Å². The number of imidazole rings is 1. The zero-order valence-electron chi connectivity index (χ0n) is 12.9. The first kappa shape index (κ1) is 14.1. The number of aromatic nitrogens is 5. The normalized spacial score (nSPS) is 10.9. The fourth-order valence-electron chi connectivity index (χ4n) is 2.44. The van der Waals surface area contributed by atoms with Gasteiger partial charge in [-0.3, -0.25) is 5.32 Å². The van der Waals surface area contributed by atoms with Crippen LogP contribution in [0.15, 0.2) is 48.5 Å². The lowest BCUT2D eigenvalue weighted by Gasteiger charge is -2.06. The van der Waals surface area contributed by atoms with Crippen molar-refractivity contribution in [1.82, 2.24) is 24.9 Å². The molecule has 4 rings (SSSR count). The Kier molecular flexibility index (Phi) is 3.31. The lowest BCUT2D eigenvalue weighted by Crippen LogP contribution is -2.04. The number of anilines is 2. The molecule has 2 aromatic carbocycles. The number of aromatic amines is 1. The zero-order chi connectivity index (χ0) is 16.5. The van der Waals surface area contributed by atoms with Gasteiger partial charge in [-0.05, 0) is 31.2 Å². The molecule has 7 heteroatoms. The number of nitrogens with zero attached hydrogens (tertiary/aromatic N) is 4. The van der Waals surface area contributed by atoms with Crippen molar-refractivity contribution in [3.8, 4) is 17.1 Å². The lowest BCUT2D eigenvalue weighted by atomic mass is 10.2. The highest BCUT2D eigenvalue weighted by molar-refractivity contribution is 5.77. The molecule has 118 valence electrons. The largest absolute Gasteiger partial charge is 0.507 e. The van der Waals surface area contributed by atoms with Gasteiger partial charge in [0.2, 0.25) is 11.9 Å². The van der Waals surface area contributed by atoms with E-state index >= 15 is 0 Å². The van der Waals surface area contributed by atoms with Gasteiger partial charge >= 0.3 is 0 Å². The van der Waals surface area contributed by atoms with Crippen LogP contribution in [-0.2, 0) is 0 Å². The molecule has 0 saturated carbocycles. The second kappa shape index (κ2) is 5.62. The molecule has 0 atom stereocenters. The van der Waals surface area contributed by atoms with Gasteiger partial charge in [0.05, 0.1) is 16.6 Å². The minimum Gasteiger partial charge on any atom is -0.507 e. The summed E-state index contributed by atoms with van der Waals surface area (Å²) in [6, 6.07) is 14.7. The molecule has 3 N–H and O–H groups in total.